The van der Waals surface area contributed by atoms with Gasteiger partial charge in [0.15, 0.2) is 0 Å². The zero-order chi connectivity index (χ0) is 23.8. The molecule has 11 heteroatoms. The van der Waals surface area contributed by atoms with E-state index in [1.54, 1.807) is 35.8 Å². The summed E-state index contributed by atoms with van der Waals surface area (Å²) in [5.41, 5.74) is 7.17. The van der Waals surface area contributed by atoms with Crippen molar-refractivity contribution in [3.63, 3.8) is 0 Å². The van der Waals surface area contributed by atoms with Crippen LogP contribution in [0.25, 0.3) is 0 Å². The van der Waals surface area contributed by atoms with Gasteiger partial charge < -0.3 is 15.8 Å². The van der Waals surface area contributed by atoms with Crippen molar-refractivity contribution in [3.8, 4) is 0 Å². The number of sulfonamides is 1. The van der Waals surface area contributed by atoms with Gasteiger partial charge in [0.05, 0.1) is 17.5 Å². The summed E-state index contributed by atoms with van der Waals surface area (Å²) in [5, 5.41) is 12.7. The van der Waals surface area contributed by atoms with E-state index in [4.69, 9.17) is 15.9 Å². The number of amides is 1. The Morgan fingerprint density at radius 2 is 1.97 bits per heavy atom. The fourth-order valence-corrected chi connectivity index (χ4v) is 5.13. The van der Waals surface area contributed by atoms with Crippen molar-refractivity contribution in [3.05, 3.63) is 81.8 Å². The molecule has 2 aromatic carbocycles. The van der Waals surface area contributed by atoms with Crippen LogP contribution in [0.1, 0.15) is 32.5 Å². The third-order valence-electron chi connectivity index (χ3n) is 4.72. The molecular weight excluding hydrogens is 462 g/mol. The first-order chi connectivity index (χ1) is 15.8. The summed E-state index contributed by atoms with van der Waals surface area (Å²) in [7, 11) is -2.44. The predicted octanol–water partition coefficient (Wildman–Crippen LogP) is 2.07. The first-order valence-electron chi connectivity index (χ1n) is 10.0. The van der Waals surface area contributed by atoms with Gasteiger partial charge in [-0.25, -0.2) is 18.1 Å². The number of carbonyl (C=O) groups excluding carboxylic acids is 1. The summed E-state index contributed by atoms with van der Waals surface area (Å²) in [4.78, 5) is 16.6. The fourth-order valence-electron chi connectivity index (χ4n) is 3.12. The Balaban J connectivity index is 1.84. The lowest BCUT2D eigenvalue weighted by Crippen LogP contribution is -2.31. The van der Waals surface area contributed by atoms with Gasteiger partial charge in [0.25, 0.3) is 5.91 Å². The highest BCUT2D eigenvalue weighted by molar-refractivity contribution is 7.89. The highest BCUT2D eigenvalue weighted by Crippen LogP contribution is 2.24. The van der Waals surface area contributed by atoms with Crippen LogP contribution in [0.5, 0.6) is 0 Å². The van der Waals surface area contributed by atoms with Crippen molar-refractivity contribution in [2.45, 2.75) is 17.4 Å². The number of benzene rings is 2. The van der Waals surface area contributed by atoms with Crippen molar-refractivity contribution in [2.75, 3.05) is 20.3 Å². The Bertz CT molecular complexity index is 1210. The van der Waals surface area contributed by atoms with E-state index in [1.807, 2.05) is 6.07 Å². The normalized spacial score (nSPS) is 12.3. The van der Waals surface area contributed by atoms with Gasteiger partial charge in [-0.2, -0.15) is 0 Å². The van der Waals surface area contributed by atoms with Crippen LogP contribution in [0, 0.1) is 5.41 Å². The molecule has 0 fully saturated rings. The lowest BCUT2D eigenvalue weighted by Gasteiger charge is -2.18. The van der Waals surface area contributed by atoms with Crippen molar-refractivity contribution in [1.82, 2.24) is 15.0 Å². The number of nitrogens with zero attached hydrogens (tertiary/aromatic N) is 1. The number of carbonyl (C=O) groups is 1. The summed E-state index contributed by atoms with van der Waals surface area (Å²) in [5.74, 6) is -0.453. The van der Waals surface area contributed by atoms with Crippen LogP contribution in [0.15, 0.2) is 65.0 Å². The molecule has 3 aromatic rings. The van der Waals surface area contributed by atoms with Crippen molar-refractivity contribution in [2.24, 2.45) is 5.73 Å². The summed E-state index contributed by atoms with van der Waals surface area (Å²) >= 11 is 1.33. The van der Waals surface area contributed by atoms with E-state index in [9.17, 15) is 13.2 Å². The molecule has 0 unspecified atom stereocenters. The smallest absolute Gasteiger partial charge is 0.251 e. The summed E-state index contributed by atoms with van der Waals surface area (Å²) in [6.45, 7) is 0.668. The largest absolute Gasteiger partial charge is 0.384 e. The lowest BCUT2D eigenvalue weighted by molar-refractivity contribution is 0.0937. The van der Waals surface area contributed by atoms with Gasteiger partial charge >= 0.3 is 0 Å². The molecule has 1 heterocycles. The first kappa shape index (κ1) is 24.5. The molecule has 1 amide bonds. The monoisotopic (exact) mass is 487 g/mol. The zero-order valence-electron chi connectivity index (χ0n) is 17.9. The number of amidine groups is 1. The standard InChI is InChI=1S/C22H25N5O4S2/c1-31-10-8-25-21(28)17-6-3-7-18(14-17)33(29,30)27-19(22-26-9-11-32-22)13-15-4-2-5-16(12-15)20(23)24/h2-7,9,11-12,14,19,27H,8,10,13H2,1H3,(H3,23,24)(H,25,28)/t19-/m1/s1. The highest BCUT2D eigenvalue weighted by atomic mass is 32.2. The molecule has 174 valence electrons. The second kappa shape index (κ2) is 11.1. The van der Waals surface area contributed by atoms with Gasteiger partial charge in [-0.1, -0.05) is 24.3 Å². The number of nitrogen functional groups attached to an aromatic ring is 1. The number of hydrogen-bond acceptors (Lipinski definition) is 7. The zero-order valence-corrected chi connectivity index (χ0v) is 19.6. The minimum atomic E-state index is -3.97. The van der Waals surface area contributed by atoms with Gasteiger partial charge in [-0.3, -0.25) is 10.2 Å². The second-order valence-electron chi connectivity index (χ2n) is 7.14. The van der Waals surface area contributed by atoms with Crippen LogP contribution in [0.4, 0.5) is 0 Å². The molecule has 0 spiro atoms. The molecule has 3 rings (SSSR count). The van der Waals surface area contributed by atoms with E-state index in [0.29, 0.717) is 30.1 Å². The van der Waals surface area contributed by atoms with Crippen LogP contribution in [-0.4, -0.2) is 45.4 Å². The minimum absolute atomic E-state index is 0.0269. The third kappa shape index (κ3) is 6.68. The summed E-state index contributed by atoms with van der Waals surface area (Å²) in [6, 6.07) is 12.3. The number of ether oxygens (including phenoxy) is 1. The van der Waals surface area contributed by atoms with E-state index in [0.717, 1.165) is 5.56 Å². The maximum atomic E-state index is 13.2. The van der Waals surface area contributed by atoms with Gasteiger partial charge in [0.2, 0.25) is 10.0 Å². The molecule has 0 radical (unpaired) electrons. The maximum absolute atomic E-state index is 13.2. The lowest BCUT2D eigenvalue weighted by atomic mass is 10.0. The Hall–Kier alpha value is -3.12. The van der Waals surface area contributed by atoms with Crippen molar-refractivity contribution in [1.29, 1.82) is 5.41 Å². The molecule has 1 aromatic heterocycles. The molecule has 5 N–H and O–H groups in total. The van der Waals surface area contributed by atoms with Gasteiger partial charge in [0.1, 0.15) is 10.8 Å². The third-order valence-corrected chi connectivity index (χ3v) is 7.08. The van der Waals surface area contributed by atoms with Gasteiger partial charge in [0, 0.05) is 36.4 Å². The minimum Gasteiger partial charge on any atom is -0.384 e. The van der Waals surface area contributed by atoms with Crippen LogP contribution in [0.2, 0.25) is 0 Å². The number of nitrogens with one attached hydrogen (secondary N) is 3. The average molecular weight is 488 g/mol. The molecular formula is C22H25N5O4S2. The molecule has 33 heavy (non-hydrogen) atoms. The average Bonchev–Trinajstić information content (AvgIpc) is 3.34. The van der Waals surface area contributed by atoms with Gasteiger partial charge in [-0.15, -0.1) is 11.3 Å². The molecule has 0 bridgehead atoms. The number of thiazole rings is 1. The van der Waals surface area contributed by atoms with Crippen molar-refractivity contribution >= 4 is 33.1 Å². The Kier molecular flexibility index (Phi) is 8.28. The number of rotatable bonds is 11. The maximum Gasteiger partial charge on any atom is 0.251 e. The Morgan fingerprint density at radius 3 is 2.67 bits per heavy atom. The highest BCUT2D eigenvalue weighted by Gasteiger charge is 2.24. The van der Waals surface area contributed by atoms with Crippen molar-refractivity contribution < 1.29 is 17.9 Å². The molecule has 0 aliphatic heterocycles. The van der Waals surface area contributed by atoms with E-state index >= 15 is 0 Å². The summed E-state index contributed by atoms with van der Waals surface area (Å²) < 4.78 is 34.0. The van der Waals surface area contributed by atoms with Crippen LogP contribution in [0.3, 0.4) is 0 Å². The Morgan fingerprint density at radius 1 is 1.21 bits per heavy atom. The van der Waals surface area contributed by atoms with E-state index in [2.05, 4.69) is 15.0 Å². The first-order valence-corrected chi connectivity index (χ1v) is 12.4. The summed E-state index contributed by atoms with van der Waals surface area (Å²) in [6.07, 6.45) is 1.92. The fraction of sp³-hybridized carbons (Fsp3) is 0.227. The van der Waals surface area contributed by atoms with Crippen LogP contribution < -0.4 is 15.8 Å². The molecule has 0 aliphatic rings. The molecule has 0 aliphatic carbocycles. The molecule has 9 nitrogen and oxygen atoms in total. The molecule has 1 atom stereocenters. The SMILES string of the molecule is COCCNC(=O)c1cccc(S(=O)(=O)N[C@H](Cc2cccc(C(=N)N)c2)c2nccs2)c1. The van der Waals surface area contributed by atoms with E-state index < -0.39 is 16.1 Å². The van der Waals surface area contributed by atoms with E-state index in [-0.39, 0.29) is 22.2 Å². The van der Waals surface area contributed by atoms with Crippen LogP contribution >= 0.6 is 11.3 Å². The quantitative estimate of drug-likeness (QED) is 0.185. The topological polar surface area (TPSA) is 147 Å². The second-order valence-corrected chi connectivity index (χ2v) is 9.78. The van der Waals surface area contributed by atoms with Gasteiger partial charge in [-0.05, 0) is 36.2 Å². The number of aromatic nitrogens is 1. The Labute approximate surface area is 196 Å². The number of methoxy groups -OCH3 is 1. The molecule has 0 saturated carbocycles. The number of nitrogens with two attached hydrogens (primary N) is 1. The van der Waals surface area contributed by atoms with Crippen LogP contribution in [-0.2, 0) is 21.2 Å². The number of hydrogen-bond donors (Lipinski definition) is 4. The molecule has 0 saturated heterocycles. The predicted molar refractivity (Wildman–Crippen MR) is 127 cm³/mol. The van der Waals surface area contributed by atoms with E-state index in [1.165, 1.54) is 36.6 Å².